The van der Waals surface area contributed by atoms with Gasteiger partial charge in [-0.15, -0.1) is 6.42 Å². The second-order valence-corrected chi connectivity index (χ2v) is 1.73. The van der Waals surface area contributed by atoms with Crippen LogP contribution in [0.3, 0.4) is 0 Å². The van der Waals surface area contributed by atoms with Crippen molar-refractivity contribution in [3.63, 3.8) is 0 Å². The molecule has 0 aliphatic rings. The first-order valence-electron chi connectivity index (χ1n) is 1.34. The average molecular weight is 103 g/mol. The summed E-state index contributed by atoms with van der Waals surface area (Å²) in [6.07, 6.45) is 4.60. The summed E-state index contributed by atoms with van der Waals surface area (Å²) < 4.78 is 9.60. The molecule has 0 aliphatic heterocycles. The molecule has 0 saturated heterocycles. The van der Waals surface area contributed by atoms with Crippen LogP contribution in [-0.4, -0.2) is 11.1 Å². The second kappa shape index (κ2) is 2.84. The van der Waals surface area contributed by atoms with Crippen LogP contribution in [-0.2, 0) is 4.57 Å². The topological polar surface area (TPSA) is 37.3 Å². The van der Waals surface area contributed by atoms with E-state index in [2.05, 4.69) is 6.42 Å². The molecule has 0 amide bonds. The summed E-state index contributed by atoms with van der Waals surface area (Å²) in [5.74, 6) is 2.03. The first-order chi connectivity index (χ1) is 2.77. The first-order valence-corrected chi connectivity index (χ1v) is 2.74. The maximum absolute atomic E-state index is 9.60. The van der Waals surface area contributed by atoms with Crippen LogP contribution in [0.4, 0.5) is 0 Å². The quantitative estimate of drug-likeness (QED) is 0.384. The molecule has 6 heavy (non-hydrogen) atoms. The third-order valence-corrected chi connectivity index (χ3v) is 0.680. The number of rotatable bonds is 1. The molecule has 0 rings (SSSR count). The fourth-order valence-corrected chi connectivity index (χ4v) is 0.234. The second-order valence-electron chi connectivity index (χ2n) is 0.714. The van der Waals surface area contributed by atoms with Crippen molar-refractivity contribution in [2.45, 2.75) is 0 Å². The van der Waals surface area contributed by atoms with Crippen molar-refractivity contribution >= 4 is 8.03 Å². The van der Waals surface area contributed by atoms with E-state index in [-0.39, 0.29) is 6.16 Å². The van der Waals surface area contributed by atoms with Gasteiger partial charge < -0.3 is 0 Å². The average Bonchev–Trinajstić information content (AvgIpc) is 1.35. The van der Waals surface area contributed by atoms with Crippen LogP contribution in [0, 0.1) is 12.3 Å². The summed E-state index contributed by atoms with van der Waals surface area (Å²) in [4.78, 5) is 7.92. The lowest BCUT2D eigenvalue weighted by atomic mass is 10.8. The van der Waals surface area contributed by atoms with Crippen molar-refractivity contribution in [2.24, 2.45) is 0 Å². The summed E-state index contributed by atoms with van der Waals surface area (Å²) >= 11 is 0. The molecule has 0 saturated carbocycles. The minimum Gasteiger partial charge on any atom is -0.160 e. The van der Waals surface area contributed by atoms with Crippen LogP contribution < -0.4 is 0 Å². The van der Waals surface area contributed by atoms with Crippen molar-refractivity contribution in [3.8, 4) is 12.3 Å². The highest BCUT2D eigenvalue weighted by Gasteiger charge is 2.02. The van der Waals surface area contributed by atoms with Gasteiger partial charge in [0.2, 0.25) is 6.16 Å². The summed E-state index contributed by atoms with van der Waals surface area (Å²) in [5, 5.41) is 0. The van der Waals surface area contributed by atoms with E-state index in [4.69, 9.17) is 4.89 Å². The molecule has 0 aromatic carbocycles. The van der Waals surface area contributed by atoms with E-state index < -0.39 is 8.03 Å². The Balaban J connectivity index is 3.13. The maximum Gasteiger partial charge on any atom is 0.518 e. The van der Waals surface area contributed by atoms with Crippen LogP contribution in [0.15, 0.2) is 0 Å². The van der Waals surface area contributed by atoms with Gasteiger partial charge in [-0.25, -0.2) is 0 Å². The molecule has 0 bridgehead atoms. The van der Waals surface area contributed by atoms with Crippen molar-refractivity contribution in [1.82, 2.24) is 0 Å². The Hall–Kier alpha value is -0.380. The van der Waals surface area contributed by atoms with E-state index in [0.29, 0.717) is 0 Å². The van der Waals surface area contributed by atoms with Crippen molar-refractivity contribution < 1.29 is 9.46 Å². The van der Waals surface area contributed by atoms with Crippen molar-refractivity contribution in [1.29, 1.82) is 0 Å². The summed E-state index contributed by atoms with van der Waals surface area (Å²) in [7, 11) is -2.09. The van der Waals surface area contributed by atoms with Gasteiger partial charge in [-0.05, 0) is 4.57 Å². The Kier molecular flexibility index (Phi) is 2.66. The van der Waals surface area contributed by atoms with Crippen LogP contribution in [0.2, 0.25) is 0 Å². The first kappa shape index (κ1) is 5.62. The minimum absolute atomic E-state index is 0.0324. The Morgan fingerprint density at radius 3 is 2.50 bits per heavy atom. The molecule has 1 N–H and O–H groups in total. The van der Waals surface area contributed by atoms with E-state index in [1.807, 2.05) is 5.92 Å². The van der Waals surface area contributed by atoms with Gasteiger partial charge in [0.25, 0.3) is 0 Å². The Bertz CT molecular complexity index is 91.5. The van der Waals surface area contributed by atoms with E-state index >= 15 is 0 Å². The van der Waals surface area contributed by atoms with Gasteiger partial charge >= 0.3 is 8.03 Å². The Morgan fingerprint density at radius 2 is 2.50 bits per heavy atom. The third-order valence-electron chi connectivity index (χ3n) is 0.227. The third kappa shape index (κ3) is 3.62. The molecule has 0 aliphatic carbocycles. The van der Waals surface area contributed by atoms with Crippen molar-refractivity contribution in [2.75, 3.05) is 6.16 Å². The predicted octanol–water partition coefficient (Wildman–Crippen LogP) is 0.354. The molecule has 0 aromatic rings. The maximum atomic E-state index is 9.60. The van der Waals surface area contributed by atoms with Crippen molar-refractivity contribution in [3.05, 3.63) is 0 Å². The smallest absolute Gasteiger partial charge is 0.160 e. The van der Waals surface area contributed by atoms with Gasteiger partial charge in [0.05, 0.1) is 0 Å². The minimum atomic E-state index is -2.09. The van der Waals surface area contributed by atoms with Crippen LogP contribution in [0.25, 0.3) is 0 Å². The highest BCUT2D eigenvalue weighted by atomic mass is 31.1. The lowest BCUT2D eigenvalue weighted by Gasteiger charge is -1.54. The zero-order valence-electron chi connectivity index (χ0n) is 3.09. The number of hydrogen-bond donors (Lipinski definition) is 1. The Morgan fingerprint density at radius 1 is 2.00 bits per heavy atom. The number of hydrogen-bond acceptors (Lipinski definition) is 1. The van der Waals surface area contributed by atoms with Gasteiger partial charge in [0, 0.05) is 0 Å². The molecule has 2 nitrogen and oxygen atoms in total. The molecule has 1 unspecified atom stereocenters. The number of terminal acetylenes is 1. The molecule has 1 atom stereocenters. The van der Waals surface area contributed by atoms with E-state index in [1.54, 1.807) is 0 Å². The van der Waals surface area contributed by atoms with Crippen LogP contribution >= 0.6 is 8.03 Å². The van der Waals surface area contributed by atoms with Gasteiger partial charge in [0.1, 0.15) is 0 Å². The summed E-state index contributed by atoms with van der Waals surface area (Å²) in [6.45, 7) is 0. The van der Waals surface area contributed by atoms with Crippen LogP contribution in [0.1, 0.15) is 0 Å². The fraction of sp³-hybridized carbons (Fsp3) is 0.333. The Labute approximate surface area is 37.1 Å². The van der Waals surface area contributed by atoms with Gasteiger partial charge in [0.15, 0.2) is 0 Å². The van der Waals surface area contributed by atoms with Gasteiger partial charge in [-0.2, -0.15) is 4.89 Å². The van der Waals surface area contributed by atoms with Crippen LogP contribution in [0.5, 0.6) is 0 Å². The van der Waals surface area contributed by atoms with E-state index in [9.17, 15) is 4.57 Å². The van der Waals surface area contributed by atoms with Gasteiger partial charge in [-0.1, -0.05) is 5.92 Å². The molecular formula is C3H4O2P+. The fourth-order valence-electron chi connectivity index (χ4n) is 0.0781. The highest BCUT2D eigenvalue weighted by molar-refractivity contribution is 7.38. The molecule has 0 radical (unpaired) electrons. The molecule has 32 valence electrons. The molecule has 3 heteroatoms. The van der Waals surface area contributed by atoms with Gasteiger partial charge in [-0.3, -0.25) is 0 Å². The summed E-state index contributed by atoms with van der Waals surface area (Å²) in [5.41, 5.74) is 0. The molecule has 0 heterocycles. The standard InChI is InChI=1S/C3H3O2P/c1-2-3-6(4)5/h1H,3H2/p+1. The highest BCUT2D eigenvalue weighted by Crippen LogP contribution is 2.08. The molecule has 0 fully saturated rings. The van der Waals surface area contributed by atoms with E-state index in [1.165, 1.54) is 0 Å². The predicted molar refractivity (Wildman–Crippen MR) is 23.5 cm³/mol. The lowest BCUT2D eigenvalue weighted by molar-refractivity contribution is 0.506. The largest absolute Gasteiger partial charge is 0.518 e. The zero-order chi connectivity index (χ0) is 4.99. The summed E-state index contributed by atoms with van der Waals surface area (Å²) in [6, 6.07) is 0. The molecule has 0 spiro atoms. The van der Waals surface area contributed by atoms with E-state index in [0.717, 1.165) is 0 Å². The zero-order valence-corrected chi connectivity index (χ0v) is 3.98. The molecular weight excluding hydrogens is 99.0 g/mol. The normalized spacial score (nSPS) is 9.67. The SMILES string of the molecule is C#CC[P+](=O)O. The molecule has 0 aromatic heterocycles. The monoisotopic (exact) mass is 103 g/mol. The lowest BCUT2D eigenvalue weighted by Crippen LogP contribution is -1.62.